The minimum absolute atomic E-state index is 0.00498. The van der Waals surface area contributed by atoms with Crippen LogP contribution in [0, 0.1) is 0 Å². The van der Waals surface area contributed by atoms with Crippen molar-refractivity contribution in [1.82, 2.24) is 0 Å². The van der Waals surface area contributed by atoms with Crippen molar-refractivity contribution in [2.75, 3.05) is 40.6 Å². The molecule has 214 valence electrons. The average Bonchev–Trinajstić information content (AvgIpc) is 2.94. The molecule has 2 aromatic carbocycles. The zero-order chi connectivity index (χ0) is 29.7. The maximum absolute atomic E-state index is 13.0. The Morgan fingerprint density at radius 3 is 1.80 bits per heavy atom. The molecule has 2 aromatic rings. The molecule has 0 aromatic heterocycles. The summed E-state index contributed by atoms with van der Waals surface area (Å²) in [5.41, 5.74) is 1.72. The molecule has 0 atom stereocenters. The Hall–Kier alpha value is -4.44. The van der Waals surface area contributed by atoms with Gasteiger partial charge in [0, 0.05) is 37.7 Å². The van der Waals surface area contributed by atoms with Gasteiger partial charge in [-0.05, 0) is 49.2 Å². The van der Waals surface area contributed by atoms with Crippen LogP contribution in [0.2, 0.25) is 0 Å². The molecule has 10 nitrogen and oxygen atoms in total. The lowest BCUT2D eigenvalue weighted by Crippen LogP contribution is -2.16. The molecule has 10 heteroatoms. The van der Waals surface area contributed by atoms with Gasteiger partial charge in [-0.25, -0.2) is 19.2 Å². The molecule has 40 heavy (non-hydrogen) atoms. The van der Waals surface area contributed by atoms with Crippen LogP contribution >= 0.6 is 0 Å². The second-order valence-electron chi connectivity index (χ2n) is 8.68. The number of hydrogen-bond donors (Lipinski definition) is 0. The molecule has 0 fully saturated rings. The smallest absolute Gasteiger partial charge is 0.339 e. The van der Waals surface area contributed by atoms with E-state index >= 15 is 0 Å². The number of esters is 4. The van der Waals surface area contributed by atoms with Crippen molar-refractivity contribution < 1.29 is 47.6 Å². The molecule has 0 saturated carbocycles. The second-order valence-corrected chi connectivity index (χ2v) is 8.68. The van der Waals surface area contributed by atoms with Crippen LogP contribution in [0.15, 0.2) is 60.7 Å². The molecule has 0 amide bonds. The Bertz CT molecular complexity index is 1260. The Morgan fingerprint density at radius 1 is 0.650 bits per heavy atom. The van der Waals surface area contributed by atoms with E-state index in [2.05, 4.69) is 13.2 Å². The molecule has 0 radical (unpaired) electrons. The van der Waals surface area contributed by atoms with Gasteiger partial charge >= 0.3 is 23.9 Å². The van der Waals surface area contributed by atoms with Crippen molar-refractivity contribution in [2.45, 2.75) is 26.7 Å². The van der Waals surface area contributed by atoms with E-state index in [9.17, 15) is 19.2 Å². The molecule has 0 saturated heterocycles. The molecule has 0 bridgehead atoms. The van der Waals surface area contributed by atoms with Crippen LogP contribution < -0.4 is 9.47 Å². The third-order valence-electron chi connectivity index (χ3n) is 5.34. The number of hydrogen-bond acceptors (Lipinski definition) is 10. The molecule has 0 N–H and O–H groups in total. The second kappa shape index (κ2) is 15.8. The third-order valence-corrected chi connectivity index (χ3v) is 5.34. The van der Waals surface area contributed by atoms with E-state index in [1.807, 2.05) is 0 Å². The van der Waals surface area contributed by atoms with Crippen molar-refractivity contribution >= 4 is 23.9 Å². The van der Waals surface area contributed by atoms with Gasteiger partial charge in [0.05, 0.1) is 38.1 Å². The van der Waals surface area contributed by atoms with Gasteiger partial charge in [0.2, 0.25) is 0 Å². The standard InChI is InChI=1S/C30H34O10/c1-19(2)27(31)37-15-8-16-38-29(33)23-11-9-21(17-24(23)30(34)39-14-7-13-35-5)22-10-12-25(26(18-22)36-6)40-28(32)20(3)4/h9-12,17-18H,1,3,7-8,13-16H2,2,4-6H3. The lowest BCUT2D eigenvalue weighted by Gasteiger charge is -2.14. The van der Waals surface area contributed by atoms with Gasteiger partial charge in [-0.3, -0.25) is 0 Å². The van der Waals surface area contributed by atoms with Gasteiger partial charge in [-0.2, -0.15) is 0 Å². The van der Waals surface area contributed by atoms with Crippen molar-refractivity contribution in [2.24, 2.45) is 0 Å². The van der Waals surface area contributed by atoms with Gasteiger partial charge in [0.15, 0.2) is 11.5 Å². The Morgan fingerprint density at radius 2 is 1.20 bits per heavy atom. The normalized spacial score (nSPS) is 10.3. The molecule has 0 heterocycles. The number of carbonyl (C=O) groups is 4. The SMILES string of the molecule is C=C(C)C(=O)OCCCOC(=O)c1ccc(-c2ccc(OC(=O)C(=C)C)c(OC)c2)cc1C(=O)OCCCOC. The van der Waals surface area contributed by atoms with E-state index in [1.54, 1.807) is 24.3 Å². The number of ether oxygens (including phenoxy) is 6. The molecular weight excluding hydrogens is 520 g/mol. The Labute approximate surface area is 233 Å². The Kier molecular flexibility index (Phi) is 12.6. The monoisotopic (exact) mass is 554 g/mol. The fourth-order valence-corrected chi connectivity index (χ4v) is 3.22. The van der Waals surface area contributed by atoms with E-state index in [4.69, 9.17) is 28.4 Å². The first-order chi connectivity index (χ1) is 19.1. The molecule has 0 aliphatic heterocycles. The quantitative estimate of drug-likeness (QED) is 0.101. The lowest BCUT2D eigenvalue weighted by atomic mass is 9.98. The first-order valence-corrected chi connectivity index (χ1v) is 12.4. The number of carbonyl (C=O) groups excluding carboxylic acids is 4. The fraction of sp³-hybridized carbons (Fsp3) is 0.333. The van der Waals surface area contributed by atoms with Crippen LogP contribution in [0.4, 0.5) is 0 Å². The van der Waals surface area contributed by atoms with Crippen molar-refractivity contribution in [3.63, 3.8) is 0 Å². The molecule has 0 spiro atoms. The van der Waals surface area contributed by atoms with Crippen LogP contribution in [0.3, 0.4) is 0 Å². The number of rotatable bonds is 15. The summed E-state index contributed by atoms with van der Waals surface area (Å²) in [5, 5.41) is 0. The highest BCUT2D eigenvalue weighted by molar-refractivity contribution is 6.04. The summed E-state index contributed by atoms with van der Waals surface area (Å²) in [7, 11) is 2.97. The summed E-state index contributed by atoms with van der Waals surface area (Å²) in [6.07, 6.45) is 0.744. The van der Waals surface area contributed by atoms with Gasteiger partial charge in [-0.15, -0.1) is 0 Å². The number of methoxy groups -OCH3 is 2. The van der Waals surface area contributed by atoms with E-state index in [0.717, 1.165) is 0 Å². The summed E-state index contributed by atoms with van der Waals surface area (Å²) >= 11 is 0. The molecule has 2 rings (SSSR count). The largest absolute Gasteiger partial charge is 0.493 e. The van der Waals surface area contributed by atoms with E-state index in [1.165, 1.54) is 40.2 Å². The lowest BCUT2D eigenvalue weighted by molar-refractivity contribution is -0.139. The highest BCUT2D eigenvalue weighted by Gasteiger charge is 2.21. The topological polar surface area (TPSA) is 124 Å². The first kappa shape index (κ1) is 31.8. The van der Waals surface area contributed by atoms with E-state index < -0.39 is 23.9 Å². The molecule has 0 unspecified atom stereocenters. The Balaban J connectivity index is 2.29. The maximum Gasteiger partial charge on any atom is 0.339 e. The van der Waals surface area contributed by atoms with Crippen LogP contribution in [0.25, 0.3) is 11.1 Å². The van der Waals surface area contributed by atoms with E-state index in [-0.39, 0.29) is 60.0 Å². The minimum atomic E-state index is -0.735. The summed E-state index contributed by atoms with van der Waals surface area (Å²) in [5.74, 6) is -2.08. The zero-order valence-electron chi connectivity index (χ0n) is 23.2. The highest BCUT2D eigenvalue weighted by Crippen LogP contribution is 2.34. The van der Waals surface area contributed by atoms with E-state index in [0.29, 0.717) is 24.2 Å². The van der Waals surface area contributed by atoms with Crippen LogP contribution in [0.5, 0.6) is 11.5 Å². The van der Waals surface area contributed by atoms with Crippen molar-refractivity contribution in [1.29, 1.82) is 0 Å². The van der Waals surface area contributed by atoms with Crippen LogP contribution in [-0.4, -0.2) is 64.5 Å². The number of benzene rings is 2. The minimum Gasteiger partial charge on any atom is -0.493 e. The third kappa shape index (κ3) is 9.39. The molecular formula is C30H34O10. The zero-order valence-corrected chi connectivity index (χ0v) is 23.2. The van der Waals surface area contributed by atoms with Crippen molar-refractivity contribution in [3.05, 3.63) is 71.8 Å². The predicted molar refractivity (Wildman–Crippen MR) is 146 cm³/mol. The molecule has 0 aliphatic rings. The summed E-state index contributed by atoms with van der Waals surface area (Å²) < 4.78 is 31.3. The first-order valence-electron chi connectivity index (χ1n) is 12.4. The fourth-order valence-electron chi connectivity index (χ4n) is 3.22. The van der Waals surface area contributed by atoms with Gasteiger partial charge in [0.25, 0.3) is 0 Å². The summed E-state index contributed by atoms with van der Waals surface area (Å²) in [6, 6.07) is 9.48. The predicted octanol–water partition coefficient (Wildman–Crippen LogP) is 4.70. The molecule has 0 aliphatic carbocycles. The van der Waals surface area contributed by atoms with Crippen LogP contribution in [-0.2, 0) is 28.5 Å². The van der Waals surface area contributed by atoms with Crippen molar-refractivity contribution in [3.8, 4) is 22.6 Å². The average molecular weight is 555 g/mol. The summed E-state index contributed by atoms with van der Waals surface area (Å²) in [6.45, 7) is 10.6. The highest BCUT2D eigenvalue weighted by atomic mass is 16.6. The summed E-state index contributed by atoms with van der Waals surface area (Å²) in [4.78, 5) is 49.2. The van der Waals surface area contributed by atoms with Gasteiger partial charge < -0.3 is 28.4 Å². The maximum atomic E-state index is 13.0. The van der Waals surface area contributed by atoms with Gasteiger partial charge in [-0.1, -0.05) is 25.3 Å². The van der Waals surface area contributed by atoms with Gasteiger partial charge in [0.1, 0.15) is 0 Å². The van der Waals surface area contributed by atoms with Crippen LogP contribution in [0.1, 0.15) is 47.4 Å².